The number of carboxylic acids is 1. The van der Waals surface area contributed by atoms with Crippen LogP contribution >= 0.6 is 11.3 Å². The molecule has 0 unspecified atom stereocenters. The molecule has 2 aromatic heterocycles. The number of amides is 1. The van der Waals surface area contributed by atoms with E-state index in [4.69, 9.17) is 14.3 Å². The fraction of sp³-hybridized carbons (Fsp3) is 0.500. The minimum Gasteiger partial charge on any atom is -0.481 e. The first kappa shape index (κ1) is 18.6. The lowest BCUT2D eigenvalue weighted by Gasteiger charge is -2.24. The van der Waals surface area contributed by atoms with E-state index in [0.717, 1.165) is 17.7 Å². The Morgan fingerprint density at radius 3 is 2.96 bits per heavy atom. The Balaban J connectivity index is 1.68. The normalized spacial score (nSPS) is 16.7. The second kappa shape index (κ2) is 8.46. The third kappa shape index (κ3) is 4.70. The van der Waals surface area contributed by atoms with Crippen LogP contribution < -0.4 is 0 Å². The molecule has 1 amide bonds. The summed E-state index contributed by atoms with van der Waals surface area (Å²) in [7, 11) is 0. The number of ether oxygens (including phenoxy) is 1. The molecular formula is C18H22N2O5S. The van der Waals surface area contributed by atoms with Crippen molar-refractivity contribution in [3.63, 3.8) is 0 Å². The maximum atomic E-state index is 12.8. The molecular weight excluding hydrogens is 356 g/mol. The molecule has 1 atom stereocenters. The Bertz CT molecular complexity index is 750. The van der Waals surface area contributed by atoms with Gasteiger partial charge in [-0.15, -0.1) is 11.3 Å². The standard InChI is InChI=1S/C18H22N2O5S/c1-12-14(19-18(25-12)15-5-3-9-26-15)10-16(21)20(7-6-17(22)23)11-13-4-2-8-24-13/h3,5,9,13H,2,4,6-8,10-11H2,1H3,(H,22,23)/t13-/m1/s1. The third-order valence-corrected chi connectivity index (χ3v) is 5.20. The molecule has 8 heteroatoms. The molecule has 3 heterocycles. The van der Waals surface area contributed by atoms with Gasteiger partial charge in [0.25, 0.3) is 0 Å². The summed E-state index contributed by atoms with van der Waals surface area (Å²) in [6.07, 6.45) is 1.84. The van der Waals surface area contributed by atoms with Gasteiger partial charge in [-0.3, -0.25) is 9.59 Å². The van der Waals surface area contributed by atoms with Crippen LogP contribution in [-0.2, 0) is 20.7 Å². The predicted molar refractivity (Wildman–Crippen MR) is 96.1 cm³/mol. The summed E-state index contributed by atoms with van der Waals surface area (Å²) in [6.45, 7) is 3.07. The van der Waals surface area contributed by atoms with Crippen molar-refractivity contribution in [3.8, 4) is 10.8 Å². The van der Waals surface area contributed by atoms with Crippen LogP contribution in [0.5, 0.6) is 0 Å². The van der Waals surface area contributed by atoms with Crippen LogP contribution in [0, 0.1) is 6.92 Å². The quantitative estimate of drug-likeness (QED) is 0.759. The monoisotopic (exact) mass is 378 g/mol. The summed E-state index contributed by atoms with van der Waals surface area (Å²) >= 11 is 1.52. The second-order valence-corrected chi connectivity index (χ2v) is 7.24. The maximum absolute atomic E-state index is 12.8. The van der Waals surface area contributed by atoms with Gasteiger partial charge in [-0.2, -0.15) is 0 Å². The highest BCUT2D eigenvalue weighted by Crippen LogP contribution is 2.26. The highest BCUT2D eigenvalue weighted by atomic mass is 32.1. The number of hydrogen-bond donors (Lipinski definition) is 1. The molecule has 1 fully saturated rings. The van der Waals surface area contributed by atoms with Crippen LogP contribution in [0.2, 0.25) is 0 Å². The molecule has 0 saturated carbocycles. The molecule has 7 nitrogen and oxygen atoms in total. The second-order valence-electron chi connectivity index (χ2n) is 6.29. The van der Waals surface area contributed by atoms with Gasteiger partial charge in [-0.25, -0.2) is 4.98 Å². The summed E-state index contributed by atoms with van der Waals surface area (Å²) in [6, 6.07) is 3.83. The summed E-state index contributed by atoms with van der Waals surface area (Å²) in [5, 5.41) is 10.9. The number of carboxylic acid groups (broad SMARTS) is 1. The Morgan fingerprint density at radius 2 is 2.31 bits per heavy atom. The Morgan fingerprint density at radius 1 is 1.46 bits per heavy atom. The van der Waals surface area contributed by atoms with Gasteiger partial charge in [-0.1, -0.05) is 6.07 Å². The van der Waals surface area contributed by atoms with E-state index in [1.807, 2.05) is 17.5 Å². The summed E-state index contributed by atoms with van der Waals surface area (Å²) in [5.41, 5.74) is 0.589. The SMILES string of the molecule is Cc1oc(-c2cccs2)nc1CC(=O)N(CCC(=O)O)C[C@H]1CCCO1. The lowest BCUT2D eigenvalue weighted by atomic mass is 10.2. The zero-order valence-electron chi connectivity index (χ0n) is 14.6. The smallest absolute Gasteiger partial charge is 0.305 e. The van der Waals surface area contributed by atoms with E-state index in [2.05, 4.69) is 4.98 Å². The number of oxazole rings is 1. The van der Waals surface area contributed by atoms with Crippen molar-refractivity contribution >= 4 is 23.2 Å². The summed E-state index contributed by atoms with van der Waals surface area (Å²) in [5.74, 6) is 0.0391. The number of hydrogen-bond acceptors (Lipinski definition) is 6. The van der Waals surface area contributed by atoms with E-state index in [1.165, 1.54) is 11.3 Å². The highest BCUT2D eigenvalue weighted by molar-refractivity contribution is 7.13. The molecule has 26 heavy (non-hydrogen) atoms. The molecule has 0 bridgehead atoms. The van der Waals surface area contributed by atoms with Crippen molar-refractivity contribution in [2.75, 3.05) is 19.7 Å². The lowest BCUT2D eigenvalue weighted by molar-refractivity contribution is -0.139. The van der Waals surface area contributed by atoms with E-state index in [1.54, 1.807) is 11.8 Å². The zero-order chi connectivity index (χ0) is 18.5. The molecule has 0 spiro atoms. The van der Waals surface area contributed by atoms with Crippen LogP contribution in [0.3, 0.4) is 0 Å². The van der Waals surface area contributed by atoms with Crippen molar-refractivity contribution < 1.29 is 23.8 Å². The van der Waals surface area contributed by atoms with Crippen LogP contribution in [0.1, 0.15) is 30.7 Å². The number of carbonyl (C=O) groups is 2. The van der Waals surface area contributed by atoms with Gasteiger partial charge in [0.1, 0.15) is 5.76 Å². The molecule has 1 aliphatic heterocycles. The molecule has 0 aromatic carbocycles. The molecule has 2 aromatic rings. The van der Waals surface area contributed by atoms with Crippen LogP contribution in [0.4, 0.5) is 0 Å². The Hall–Kier alpha value is -2.19. The highest BCUT2D eigenvalue weighted by Gasteiger charge is 2.25. The van der Waals surface area contributed by atoms with E-state index in [0.29, 0.717) is 30.5 Å². The summed E-state index contributed by atoms with van der Waals surface area (Å²) < 4.78 is 11.3. The molecule has 3 rings (SSSR count). The first-order valence-corrected chi connectivity index (χ1v) is 9.52. The lowest BCUT2D eigenvalue weighted by Crippen LogP contribution is -2.39. The third-order valence-electron chi connectivity index (χ3n) is 4.34. The fourth-order valence-electron chi connectivity index (χ4n) is 2.94. The van der Waals surface area contributed by atoms with E-state index in [-0.39, 0.29) is 31.4 Å². The van der Waals surface area contributed by atoms with E-state index in [9.17, 15) is 9.59 Å². The van der Waals surface area contributed by atoms with Crippen molar-refractivity contribution in [2.45, 2.75) is 38.7 Å². The van der Waals surface area contributed by atoms with Gasteiger partial charge in [-0.05, 0) is 31.2 Å². The van der Waals surface area contributed by atoms with Crippen molar-refractivity contribution in [3.05, 3.63) is 29.0 Å². The van der Waals surface area contributed by atoms with Gasteiger partial charge in [0.05, 0.1) is 29.5 Å². The molecule has 1 aliphatic rings. The Labute approximate surface area is 155 Å². The number of rotatable bonds is 8. The minimum atomic E-state index is -0.923. The van der Waals surface area contributed by atoms with Gasteiger partial charge >= 0.3 is 5.97 Å². The zero-order valence-corrected chi connectivity index (χ0v) is 15.5. The van der Waals surface area contributed by atoms with Gasteiger partial charge in [0, 0.05) is 19.7 Å². The topological polar surface area (TPSA) is 92.9 Å². The van der Waals surface area contributed by atoms with Crippen molar-refractivity contribution in [2.24, 2.45) is 0 Å². The average Bonchev–Trinajstić information content (AvgIpc) is 3.34. The minimum absolute atomic E-state index is 0.0205. The van der Waals surface area contributed by atoms with Gasteiger partial charge in [0.2, 0.25) is 11.8 Å². The number of thiophene rings is 1. The fourth-order valence-corrected chi connectivity index (χ4v) is 3.58. The maximum Gasteiger partial charge on any atom is 0.305 e. The molecule has 1 N–H and O–H groups in total. The molecule has 0 aliphatic carbocycles. The van der Waals surface area contributed by atoms with Crippen molar-refractivity contribution in [1.29, 1.82) is 0 Å². The first-order valence-electron chi connectivity index (χ1n) is 8.64. The number of nitrogens with zero attached hydrogens (tertiary/aromatic N) is 2. The average molecular weight is 378 g/mol. The van der Waals surface area contributed by atoms with Crippen LogP contribution in [0.15, 0.2) is 21.9 Å². The molecule has 1 saturated heterocycles. The van der Waals surface area contributed by atoms with Crippen LogP contribution in [0.25, 0.3) is 10.8 Å². The molecule has 140 valence electrons. The number of aliphatic carboxylic acids is 1. The van der Waals surface area contributed by atoms with E-state index >= 15 is 0 Å². The van der Waals surface area contributed by atoms with E-state index < -0.39 is 5.97 Å². The van der Waals surface area contributed by atoms with Crippen LogP contribution in [-0.4, -0.2) is 52.7 Å². The van der Waals surface area contributed by atoms with Gasteiger partial charge < -0.3 is 19.2 Å². The van der Waals surface area contributed by atoms with Gasteiger partial charge in [0.15, 0.2) is 0 Å². The Kier molecular flexibility index (Phi) is 6.05. The predicted octanol–water partition coefficient (Wildman–Crippen LogP) is 2.74. The number of carbonyl (C=O) groups excluding carboxylic acids is 1. The number of aromatic nitrogens is 1. The summed E-state index contributed by atoms with van der Waals surface area (Å²) in [4.78, 5) is 30.6. The molecule has 0 radical (unpaired) electrons. The number of aryl methyl sites for hydroxylation is 1. The van der Waals surface area contributed by atoms with Crippen molar-refractivity contribution in [1.82, 2.24) is 9.88 Å². The first-order chi connectivity index (χ1) is 12.5. The largest absolute Gasteiger partial charge is 0.481 e.